The number of amides is 2. The second kappa shape index (κ2) is 12.0. The van der Waals surface area contributed by atoms with Crippen molar-refractivity contribution in [2.24, 2.45) is 0 Å². The predicted octanol–water partition coefficient (Wildman–Crippen LogP) is 3.85. The lowest BCUT2D eigenvalue weighted by molar-refractivity contribution is -0.145. The summed E-state index contributed by atoms with van der Waals surface area (Å²) in [4.78, 5) is 47.4. The van der Waals surface area contributed by atoms with Crippen molar-refractivity contribution in [1.29, 1.82) is 0 Å². The number of methoxy groups -OCH3 is 2. The van der Waals surface area contributed by atoms with E-state index >= 15 is 0 Å². The Labute approximate surface area is 215 Å². The minimum atomic E-state index is -1.25. The Morgan fingerprint density at radius 2 is 1.17 bits per heavy atom. The predicted molar refractivity (Wildman–Crippen MR) is 127 cm³/mol. The largest absolute Gasteiger partial charge is 0.503 e. The molecule has 0 aliphatic rings. The van der Waals surface area contributed by atoms with E-state index in [1.165, 1.54) is 38.1 Å². The quantitative estimate of drug-likeness (QED) is 0.424. The fraction of sp³-hybridized carbons (Fsp3) is 0.273. The first-order chi connectivity index (χ1) is 16.4. The fourth-order valence-corrected chi connectivity index (χ4v) is 3.79. The van der Waals surface area contributed by atoms with Gasteiger partial charge in [-0.3, -0.25) is 9.59 Å². The van der Waals surface area contributed by atoms with Crippen molar-refractivity contribution in [2.45, 2.75) is 25.9 Å². The second-order valence-corrected chi connectivity index (χ2v) is 8.30. The van der Waals surface area contributed by atoms with Gasteiger partial charge in [-0.05, 0) is 35.4 Å². The summed E-state index contributed by atoms with van der Waals surface area (Å²) in [6.07, 6.45) is 0. The highest BCUT2D eigenvalue weighted by molar-refractivity contribution is 6.37. The Bertz CT molecular complexity index is 1150. The number of esters is 2. The van der Waals surface area contributed by atoms with Crippen LogP contribution in [-0.2, 0) is 28.7 Å². The van der Waals surface area contributed by atoms with Gasteiger partial charge in [0.25, 0.3) is 0 Å². The molecule has 2 aromatic rings. The lowest BCUT2D eigenvalue weighted by Gasteiger charge is -2.20. The Morgan fingerprint density at radius 1 is 0.771 bits per heavy atom. The normalized spacial score (nSPS) is 12.2. The third-order valence-corrected chi connectivity index (χ3v) is 5.37. The Hall–Kier alpha value is -3.21. The van der Waals surface area contributed by atoms with Crippen LogP contribution in [0, 0.1) is 0 Å². The van der Waals surface area contributed by atoms with Crippen LogP contribution in [0.2, 0.25) is 15.1 Å². The van der Waals surface area contributed by atoms with Crippen LogP contribution < -0.4 is 15.4 Å². The van der Waals surface area contributed by atoms with Crippen molar-refractivity contribution in [3.05, 3.63) is 50.5 Å². The molecule has 2 rings (SSSR count). The Morgan fingerprint density at radius 3 is 1.57 bits per heavy atom. The summed E-state index contributed by atoms with van der Waals surface area (Å²) in [5, 5.41) is 14.9. The molecule has 0 aliphatic heterocycles. The molecule has 0 saturated carbocycles. The zero-order valence-corrected chi connectivity index (χ0v) is 21.2. The SMILES string of the molecule is COC(=O)[C@H](NC(C)=O)c1cc(Cl)c(Oc2cc([C@@H](NC(C)=O)C(=O)OC)cc(Cl)c2O)c(Cl)c1. The number of phenolic OH excluding ortho intramolecular Hbond substituents is 1. The van der Waals surface area contributed by atoms with Crippen LogP contribution in [-0.4, -0.2) is 43.1 Å². The van der Waals surface area contributed by atoms with Crippen molar-refractivity contribution in [2.75, 3.05) is 14.2 Å². The van der Waals surface area contributed by atoms with Gasteiger partial charge in [-0.15, -0.1) is 0 Å². The third kappa shape index (κ3) is 6.91. The molecular formula is C22H21Cl3N2O8. The van der Waals surface area contributed by atoms with Crippen LogP contribution >= 0.6 is 34.8 Å². The van der Waals surface area contributed by atoms with Crippen molar-refractivity contribution in [1.82, 2.24) is 10.6 Å². The molecule has 13 heteroatoms. The van der Waals surface area contributed by atoms with Crippen LogP contribution in [0.1, 0.15) is 37.1 Å². The van der Waals surface area contributed by atoms with Crippen LogP contribution in [0.15, 0.2) is 24.3 Å². The molecule has 2 aromatic carbocycles. The average molecular weight is 548 g/mol. The van der Waals surface area contributed by atoms with Gasteiger partial charge in [0.15, 0.2) is 29.3 Å². The standard InChI is InChI=1S/C22H21Cl3N2O8/c1-9(28)26-17(21(31)33-3)11-6-14(24)20(15(25)7-11)35-16-8-12(5-13(23)19(16)30)18(22(32)34-4)27-10(2)29/h5-8,17-18,30H,1-4H3,(H,26,28)(H,27,29)/t17-,18-/m1/s1. The second-order valence-electron chi connectivity index (χ2n) is 7.08. The van der Waals surface area contributed by atoms with Gasteiger partial charge < -0.3 is 30.0 Å². The summed E-state index contributed by atoms with van der Waals surface area (Å²) >= 11 is 18.8. The summed E-state index contributed by atoms with van der Waals surface area (Å²) in [5.74, 6) is -3.43. The molecule has 0 heterocycles. The number of carbonyl (C=O) groups excluding carboxylic acids is 4. The molecule has 10 nitrogen and oxygen atoms in total. The lowest BCUT2D eigenvalue weighted by atomic mass is 10.1. The number of aromatic hydroxyl groups is 1. The van der Waals surface area contributed by atoms with Crippen LogP contribution in [0.25, 0.3) is 0 Å². The molecule has 0 fully saturated rings. The van der Waals surface area contributed by atoms with Crippen molar-refractivity contribution < 1.29 is 38.5 Å². The summed E-state index contributed by atoms with van der Waals surface area (Å²) in [6, 6.07) is 2.70. The number of nitrogens with one attached hydrogen (secondary N) is 2. The van der Waals surface area contributed by atoms with Crippen molar-refractivity contribution in [3.8, 4) is 17.2 Å². The molecule has 3 N–H and O–H groups in total. The number of ether oxygens (including phenoxy) is 3. The van der Waals surface area contributed by atoms with Gasteiger partial charge in [0.05, 0.1) is 29.3 Å². The van der Waals surface area contributed by atoms with E-state index in [0.29, 0.717) is 0 Å². The van der Waals surface area contributed by atoms with Gasteiger partial charge >= 0.3 is 11.9 Å². The maximum atomic E-state index is 12.2. The third-order valence-electron chi connectivity index (χ3n) is 4.52. The van der Waals surface area contributed by atoms with Crippen molar-refractivity contribution >= 4 is 58.6 Å². The molecule has 0 saturated heterocycles. The fourth-order valence-electron chi connectivity index (χ4n) is 2.99. The van der Waals surface area contributed by atoms with E-state index in [2.05, 4.69) is 10.6 Å². The van der Waals surface area contributed by atoms with E-state index in [0.717, 1.165) is 14.2 Å². The maximum Gasteiger partial charge on any atom is 0.333 e. The highest BCUT2D eigenvalue weighted by atomic mass is 35.5. The Kier molecular flexibility index (Phi) is 9.58. The highest BCUT2D eigenvalue weighted by Gasteiger charge is 2.27. The number of hydrogen-bond acceptors (Lipinski definition) is 8. The molecule has 0 radical (unpaired) electrons. The minimum Gasteiger partial charge on any atom is -0.503 e. The number of halogens is 3. The number of rotatable bonds is 8. The van der Waals surface area contributed by atoms with E-state index in [-0.39, 0.29) is 37.7 Å². The van der Waals surface area contributed by atoms with E-state index in [1.807, 2.05) is 0 Å². The molecule has 188 valence electrons. The Balaban J connectivity index is 2.53. The van der Waals surface area contributed by atoms with Gasteiger partial charge in [0.1, 0.15) is 0 Å². The molecule has 0 aromatic heterocycles. The summed E-state index contributed by atoms with van der Waals surface area (Å²) < 4.78 is 15.1. The molecule has 0 unspecified atom stereocenters. The van der Waals surface area contributed by atoms with Crippen molar-refractivity contribution in [3.63, 3.8) is 0 Å². The minimum absolute atomic E-state index is 0.0842. The van der Waals surface area contributed by atoms with Crippen LogP contribution in [0.3, 0.4) is 0 Å². The van der Waals surface area contributed by atoms with E-state index in [9.17, 15) is 24.3 Å². The first-order valence-electron chi connectivity index (χ1n) is 9.78. The number of hydrogen-bond donors (Lipinski definition) is 3. The average Bonchev–Trinajstić information content (AvgIpc) is 2.79. The van der Waals surface area contributed by atoms with Gasteiger partial charge in [-0.25, -0.2) is 9.59 Å². The van der Waals surface area contributed by atoms with Crippen LogP contribution in [0.4, 0.5) is 0 Å². The van der Waals surface area contributed by atoms with Crippen LogP contribution in [0.5, 0.6) is 17.2 Å². The summed E-state index contributed by atoms with van der Waals surface area (Å²) in [7, 11) is 2.29. The highest BCUT2D eigenvalue weighted by Crippen LogP contribution is 2.44. The molecule has 0 aliphatic carbocycles. The maximum absolute atomic E-state index is 12.2. The topological polar surface area (TPSA) is 140 Å². The number of phenols is 1. The summed E-state index contributed by atoms with van der Waals surface area (Å²) in [5.41, 5.74) is 0.354. The lowest BCUT2D eigenvalue weighted by Crippen LogP contribution is -2.33. The molecule has 2 atom stereocenters. The first kappa shape index (κ1) is 28.0. The van der Waals surface area contributed by atoms with Gasteiger partial charge in [0, 0.05) is 13.8 Å². The van der Waals surface area contributed by atoms with Gasteiger partial charge in [-0.1, -0.05) is 34.8 Å². The monoisotopic (exact) mass is 546 g/mol. The zero-order chi connectivity index (χ0) is 26.4. The molecule has 0 spiro atoms. The molecule has 0 bridgehead atoms. The van der Waals surface area contributed by atoms with E-state index in [1.54, 1.807) is 0 Å². The summed E-state index contributed by atoms with van der Waals surface area (Å²) in [6.45, 7) is 2.43. The van der Waals surface area contributed by atoms with E-state index in [4.69, 9.17) is 49.0 Å². The molecule has 35 heavy (non-hydrogen) atoms. The van der Waals surface area contributed by atoms with E-state index < -0.39 is 41.6 Å². The first-order valence-corrected chi connectivity index (χ1v) is 10.9. The van der Waals surface area contributed by atoms with Gasteiger partial charge in [0.2, 0.25) is 11.8 Å². The smallest absolute Gasteiger partial charge is 0.333 e. The zero-order valence-electron chi connectivity index (χ0n) is 18.9. The van der Waals surface area contributed by atoms with Gasteiger partial charge in [-0.2, -0.15) is 0 Å². The molecule has 2 amide bonds. The molecular weight excluding hydrogens is 527 g/mol. The number of carbonyl (C=O) groups is 4. The number of benzene rings is 2.